The average molecular weight is 733 g/mol. The number of H-pyrrole nitrogens is 2. The van der Waals surface area contributed by atoms with Gasteiger partial charge in [-0.2, -0.15) is 0 Å². The number of nitrogens with zero attached hydrogens (tertiary/aromatic N) is 2. The molecule has 8 heteroatoms. The van der Waals surface area contributed by atoms with Crippen LogP contribution in [-0.2, 0) is 9.59 Å². The van der Waals surface area contributed by atoms with Crippen LogP contribution in [0.25, 0.3) is 33.6 Å². The fourth-order valence-corrected chi connectivity index (χ4v) is 8.63. The molecular formula is C46H64N6O2. The van der Waals surface area contributed by atoms with Crippen molar-refractivity contribution in [2.24, 2.45) is 33.5 Å². The number of aromatic nitrogens is 4. The Balaban J connectivity index is 1.13. The summed E-state index contributed by atoms with van der Waals surface area (Å²) in [6.45, 7) is 21.3. The van der Waals surface area contributed by atoms with Crippen molar-refractivity contribution in [2.45, 2.75) is 133 Å². The molecule has 2 aliphatic carbocycles. The number of benzene rings is 2. The molecule has 2 aromatic carbocycles. The molecule has 290 valence electrons. The van der Waals surface area contributed by atoms with Crippen LogP contribution >= 0.6 is 0 Å². The summed E-state index contributed by atoms with van der Waals surface area (Å²) in [5, 5.41) is 6.76. The fraction of sp³-hybridized carbons (Fsp3) is 0.565. The topological polar surface area (TPSA) is 116 Å². The third kappa shape index (κ3) is 8.38. The van der Waals surface area contributed by atoms with Crippen LogP contribution in [0.2, 0.25) is 0 Å². The highest BCUT2D eigenvalue weighted by Crippen LogP contribution is 2.43. The molecule has 2 saturated carbocycles. The average Bonchev–Trinajstić information content (AvgIpc) is 3.96. The Morgan fingerprint density at radius 2 is 0.833 bits per heavy atom. The first kappa shape index (κ1) is 39.5. The normalized spacial score (nSPS) is 17.4. The summed E-state index contributed by atoms with van der Waals surface area (Å²) in [5.74, 6) is 2.60. The van der Waals surface area contributed by atoms with Crippen LogP contribution in [0.1, 0.15) is 144 Å². The van der Waals surface area contributed by atoms with Gasteiger partial charge < -0.3 is 20.6 Å². The van der Waals surface area contributed by atoms with Gasteiger partial charge in [-0.15, -0.1) is 0 Å². The second kappa shape index (κ2) is 15.1. The van der Waals surface area contributed by atoms with Gasteiger partial charge in [0, 0.05) is 10.8 Å². The summed E-state index contributed by atoms with van der Waals surface area (Å²) in [4.78, 5) is 43.9. The van der Waals surface area contributed by atoms with Crippen molar-refractivity contribution >= 4 is 11.8 Å². The monoisotopic (exact) mass is 733 g/mol. The van der Waals surface area contributed by atoms with Crippen molar-refractivity contribution in [1.29, 1.82) is 0 Å². The van der Waals surface area contributed by atoms with Crippen molar-refractivity contribution in [3.8, 4) is 33.6 Å². The van der Waals surface area contributed by atoms with Gasteiger partial charge >= 0.3 is 0 Å². The molecule has 2 atom stereocenters. The summed E-state index contributed by atoms with van der Waals surface area (Å²) in [6, 6.07) is 16.5. The summed E-state index contributed by atoms with van der Waals surface area (Å²) < 4.78 is 0. The lowest BCUT2D eigenvalue weighted by Crippen LogP contribution is -2.46. The van der Waals surface area contributed by atoms with Gasteiger partial charge in [-0.05, 0) is 70.6 Å². The number of carbonyl (C=O) groups is 2. The van der Waals surface area contributed by atoms with Crippen LogP contribution in [-0.4, -0.2) is 31.8 Å². The van der Waals surface area contributed by atoms with Crippen molar-refractivity contribution in [2.75, 3.05) is 0 Å². The predicted octanol–water partition coefficient (Wildman–Crippen LogP) is 11.0. The second-order valence-electron chi connectivity index (χ2n) is 19.5. The van der Waals surface area contributed by atoms with Gasteiger partial charge in [0.1, 0.15) is 11.6 Å². The lowest BCUT2D eigenvalue weighted by Gasteiger charge is -2.36. The Morgan fingerprint density at radius 1 is 0.537 bits per heavy atom. The highest BCUT2D eigenvalue weighted by molar-refractivity contribution is 5.83. The molecule has 0 radical (unpaired) electrons. The number of carbonyl (C=O) groups excluding carboxylic acids is 2. The van der Waals surface area contributed by atoms with E-state index in [0.717, 1.165) is 71.0 Å². The van der Waals surface area contributed by atoms with Gasteiger partial charge in [0.15, 0.2) is 0 Å². The van der Waals surface area contributed by atoms with Gasteiger partial charge in [-0.1, -0.05) is 143 Å². The number of hydrogen-bond donors (Lipinski definition) is 4. The van der Waals surface area contributed by atoms with Gasteiger partial charge in [0.2, 0.25) is 11.8 Å². The zero-order valence-electron chi connectivity index (χ0n) is 34.5. The molecule has 0 saturated heterocycles. The summed E-state index contributed by atoms with van der Waals surface area (Å²) in [5.41, 5.74) is 4.89. The van der Waals surface area contributed by atoms with Crippen LogP contribution < -0.4 is 10.6 Å². The first-order chi connectivity index (χ1) is 25.4. The number of hydrogen-bond acceptors (Lipinski definition) is 4. The Kier molecular flexibility index (Phi) is 11.1. The molecule has 0 bridgehead atoms. The molecule has 4 aromatic rings. The Hall–Kier alpha value is -4.20. The first-order valence-electron chi connectivity index (χ1n) is 20.3. The molecule has 2 aromatic heterocycles. The molecule has 0 aliphatic heterocycles. The highest BCUT2D eigenvalue weighted by atomic mass is 16.2. The van der Waals surface area contributed by atoms with E-state index in [4.69, 9.17) is 9.97 Å². The number of imidazole rings is 2. The standard InChI is InChI=1S/C46H64N6O2/c1-43(2,3)37(51-41(53)45(7,8)33-15-11-12-16-33)39-47-27-35(49-39)31-23-19-29(20-24-31)30-21-25-32(26-22-30)36-28-48-40(50-36)38(44(4,5)6)52-42(54)46(9,10)34-17-13-14-18-34/h19-28,33-34,37-38H,11-18H2,1-10H3,(H,47,49)(H,48,50)(H,51,53)(H,52,54)/t37-,38-/m1/s1. The quantitative estimate of drug-likeness (QED) is 0.123. The van der Waals surface area contributed by atoms with Crippen LogP contribution in [0.3, 0.4) is 0 Å². The van der Waals surface area contributed by atoms with E-state index in [2.05, 4.69) is 138 Å². The van der Waals surface area contributed by atoms with Crippen molar-refractivity contribution in [3.05, 3.63) is 72.6 Å². The molecule has 2 amide bonds. The first-order valence-corrected chi connectivity index (χ1v) is 20.3. The van der Waals surface area contributed by atoms with E-state index in [9.17, 15) is 9.59 Å². The molecular weight excluding hydrogens is 669 g/mol. The maximum atomic E-state index is 13.6. The molecule has 4 N–H and O–H groups in total. The highest BCUT2D eigenvalue weighted by Gasteiger charge is 2.42. The summed E-state index contributed by atoms with van der Waals surface area (Å²) >= 11 is 0. The van der Waals surface area contributed by atoms with E-state index in [1.165, 1.54) is 25.7 Å². The molecule has 2 fully saturated rings. The van der Waals surface area contributed by atoms with Crippen LogP contribution in [0.15, 0.2) is 60.9 Å². The molecule has 2 aliphatic rings. The Labute approximate surface area is 323 Å². The molecule has 8 nitrogen and oxygen atoms in total. The van der Waals surface area contributed by atoms with Gasteiger partial charge in [0.05, 0.1) is 35.9 Å². The van der Waals surface area contributed by atoms with E-state index in [0.29, 0.717) is 11.8 Å². The van der Waals surface area contributed by atoms with Crippen LogP contribution in [0.4, 0.5) is 0 Å². The van der Waals surface area contributed by atoms with Crippen molar-refractivity contribution in [3.63, 3.8) is 0 Å². The van der Waals surface area contributed by atoms with E-state index in [1.807, 2.05) is 12.4 Å². The van der Waals surface area contributed by atoms with E-state index >= 15 is 0 Å². The third-order valence-corrected chi connectivity index (χ3v) is 12.7. The van der Waals surface area contributed by atoms with Crippen LogP contribution in [0, 0.1) is 33.5 Å². The SMILES string of the molecule is CC(C)(C(=O)N[C@H](c1ncc(-c2ccc(-c3ccc(-c4cnc([C@@H](NC(=O)C(C)(C)C5CCCC5)C(C)(C)C)[nH]4)cc3)cc2)[nH]1)C(C)(C)C)C1CCCC1. The van der Waals surface area contributed by atoms with Crippen molar-refractivity contribution in [1.82, 2.24) is 30.6 Å². The van der Waals surface area contributed by atoms with Gasteiger partial charge in [-0.3, -0.25) is 9.59 Å². The van der Waals surface area contributed by atoms with Gasteiger partial charge in [0.25, 0.3) is 0 Å². The second-order valence-corrected chi connectivity index (χ2v) is 19.5. The minimum absolute atomic E-state index is 0.104. The Morgan fingerprint density at radius 3 is 1.13 bits per heavy atom. The zero-order valence-corrected chi connectivity index (χ0v) is 34.5. The lowest BCUT2D eigenvalue weighted by atomic mass is 9.76. The lowest BCUT2D eigenvalue weighted by molar-refractivity contribution is -0.134. The molecule has 6 rings (SSSR count). The zero-order chi connectivity index (χ0) is 39.1. The predicted molar refractivity (Wildman–Crippen MR) is 219 cm³/mol. The van der Waals surface area contributed by atoms with E-state index in [-0.39, 0.29) is 34.7 Å². The van der Waals surface area contributed by atoms with Crippen molar-refractivity contribution < 1.29 is 9.59 Å². The Bertz CT molecular complexity index is 1750. The minimum atomic E-state index is -0.412. The van der Waals surface area contributed by atoms with Gasteiger partial charge in [-0.25, -0.2) is 9.97 Å². The summed E-state index contributed by atoms with van der Waals surface area (Å²) in [6.07, 6.45) is 13.1. The third-order valence-electron chi connectivity index (χ3n) is 12.7. The summed E-state index contributed by atoms with van der Waals surface area (Å²) in [7, 11) is 0. The van der Waals surface area contributed by atoms with Crippen LogP contribution in [0.5, 0.6) is 0 Å². The number of aromatic amines is 2. The number of rotatable bonds is 11. The maximum Gasteiger partial charge on any atom is 0.226 e. The fourth-order valence-electron chi connectivity index (χ4n) is 8.63. The van der Waals surface area contributed by atoms with E-state index in [1.54, 1.807) is 0 Å². The smallest absolute Gasteiger partial charge is 0.226 e. The molecule has 54 heavy (non-hydrogen) atoms. The largest absolute Gasteiger partial charge is 0.345 e. The molecule has 0 unspecified atom stereocenters. The minimum Gasteiger partial charge on any atom is -0.345 e. The van der Waals surface area contributed by atoms with E-state index < -0.39 is 10.8 Å². The molecule has 2 heterocycles. The maximum absolute atomic E-state index is 13.6. The number of amides is 2. The number of nitrogens with one attached hydrogen (secondary N) is 4. The molecule has 0 spiro atoms.